The molecule has 0 aliphatic carbocycles. The largest absolute Gasteiger partial charge is 1.00 e. The van der Waals surface area contributed by atoms with Crippen LogP contribution in [0.3, 0.4) is 0 Å². The minimum absolute atomic E-state index is 0. The fourth-order valence-electron chi connectivity index (χ4n) is 7.08. The van der Waals surface area contributed by atoms with Gasteiger partial charge in [0.15, 0.2) is 11.6 Å². The normalized spacial score (nSPS) is 13.9. The zero-order chi connectivity index (χ0) is 44.7. The molecule has 0 spiro atoms. The molecule has 0 atom stereocenters. The first kappa shape index (κ1) is 52.1. The first-order chi connectivity index (χ1) is 30.7. The molecule has 8 rings (SSSR count). The van der Waals surface area contributed by atoms with Gasteiger partial charge in [-0.2, -0.15) is 0 Å². The van der Waals surface area contributed by atoms with Gasteiger partial charge >= 0.3 is 35.5 Å². The number of carbonyl (C=O) groups excluding carboxylic acids is 1. The monoisotopic (exact) mass is 899 g/mol. The Morgan fingerprint density at radius 2 is 1.06 bits per heavy atom. The Balaban J connectivity index is 0.000000325. The van der Waals surface area contributed by atoms with Gasteiger partial charge in [-0.25, -0.2) is 19.3 Å². The van der Waals surface area contributed by atoms with Crippen LogP contribution in [0.5, 0.6) is 0 Å². The third-order valence-corrected chi connectivity index (χ3v) is 10.6. The number of anilines is 2. The molecule has 20 nitrogen and oxygen atoms in total. The topological polar surface area (TPSA) is 211 Å². The molecule has 0 saturated carbocycles. The number of hydrogen-bond acceptors (Lipinski definition) is 16. The summed E-state index contributed by atoms with van der Waals surface area (Å²) in [5, 5.41) is 31.8. The molecule has 22 heteroatoms. The molecule has 339 valence electrons. The number of hydrogen-bond donors (Lipinski definition) is 2. The van der Waals surface area contributed by atoms with Crippen LogP contribution in [0.1, 0.15) is 32.6 Å². The number of nitrogens with zero attached hydrogens (tertiary/aromatic N) is 14. The Bertz CT molecular complexity index is 2460. The van der Waals surface area contributed by atoms with E-state index in [1.807, 2.05) is 53.4 Å². The van der Waals surface area contributed by atoms with Crippen LogP contribution >= 0.6 is 0 Å². The SMILES string of the molecule is CCOC(=O)CCc1cn(-c2ccc(-n3ccnn3)cc2)c(=O)c(N2CCN(C)CC2)n1.CN1CCN(c2nc(CCCO)cn(-c3ccc(-n4ccnn4)cc3)c2=O)CC1.CO.[B].[H-].[Na+]. The smallest absolute Gasteiger partial charge is 1.00 e. The molecular formula is C43H57BN14NaO6. The van der Waals surface area contributed by atoms with Crippen molar-refractivity contribution in [1.29, 1.82) is 0 Å². The fourth-order valence-corrected chi connectivity index (χ4v) is 7.08. The summed E-state index contributed by atoms with van der Waals surface area (Å²) >= 11 is 0. The van der Waals surface area contributed by atoms with Gasteiger partial charge in [0, 0.05) is 105 Å². The van der Waals surface area contributed by atoms with E-state index in [1.54, 1.807) is 62.6 Å². The van der Waals surface area contributed by atoms with E-state index in [2.05, 4.69) is 59.4 Å². The molecular weight excluding hydrogens is 842 g/mol. The van der Waals surface area contributed by atoms with Gasteiger partial charge in [-0.3, -0.25) is 23.5 Å². The number of aliphatic hydroxyl groups excluding tert-OH is 2. The molecule has 6 aromatic rings. The number of esters is 1. The van der Waals surface area contributed by atoms with Gasteiger partial charge in [0.25, 0.3) is 11.1 Å². The minimum atomic E-state index is -0.273. The standard InChI is InChI=1S/C22H27N7O3.C20H25N7O2.CH4O.B.Na.H/c1-3-32-20(30)9-4-17-16-28(18-5-7-19(8-6-18)29-11-10-23-25-29)22(31)21(24-17)27-14-12-26(2)13-15-27;1-24-10-12-25(13-11-24)19-20(29)26(15-16(22-19)3-2-14-28)17-4-6-18(7-5-17)27-9-8-21-23-27;1-2;;;/h5-8,10-11,16H,3-4,9,12-15H2,1-2H3;4-9,15,28H,2-3,10-14H2,1H3;2H,1H3;;;/q;;;;+1;-1. The molecule has 2 aliphatic rings. The summed E-state index contributed by atoms with van der Waals surface area (Å²) in [5.74, 6) is 0.624. The van der Waals surface area contributed by atoms with Crippen molar-refractivity contribution in [3.63, 3.8) is 0 Å². The molecule has 2 fully saturated rings. The van der Waals surface area contributed by atoms with Gasteiger partial charge in [0.2, 0.25) is 0 Å². The average molecular weight is 900 g/mol. The molecule has 2 N–H and O–H groups in total. The third kappa shape index (κ3) is 13.7. The van der Waals surface area contributed by atoms with Gasteiger partial charge in [-0.15, -0.1) is 10.2 Å². The Kier molecular flexibility index (Phi) is 20.7. The molecule has 65 heavy (non-hydrogen) atoms. The minimum Gasteiger partial charge on any atom is -1.00 e. The van der Waals surface area contributed by atoms with Crippen LogP contribution in [0, 0.1) is 0 Å². The van der Waals surface area contributed by atoms with E-state index in [9.17, 15) is 19.5 Å². The van der Waals surface area contributed by atoms with Crippen molar-refractivity contribution >= 4 is 26.0 Å². The summed E-state index contributed by atoms with van der Waals surface area (Å²) in [5.41, 5.74) is 4.36. The molecule has 2 saturated heterocycles. The van der Waals surface area contributed by atoms with Crippen molar-refractivity contribution in [3.05, 3.63) is 118 Å². The van der Waals surface area contributed by atoms with E-state index in [0.717, 1.165) is 82.2 Å². The molecule has 2 aliphatic heterocycles. The maximum atomic E-state index is 13.4. The number of aromatic nitrogens is 10. The van der Waals surface area contributed by atoms with Gasteiger partial charge in [0.05, 0.1) is 60.6 Å². The summed E-state index contributed by atoms with van der Waals surface area (Å²) in [7, 11) is 5.15. The predicted molar refractivity (Wildman–Crippen MR) is 244 cm³/mol. The van der Waals surface area contributed by atoms with Gasteiger partial charge < -0.3 is 36.0 Å². The maximum absolute atomic E-state index is 13.4. The zero-order valence-corrected chi connectivity index (χ0v) is 39.8. The molecule has 0 bridgehead atoms. The van der Waals surface area contributed by atoms with Crippen LogP contribution in [-0.4, -0.2) is 170 Å². The first-order valence-electron chi connectivity index (χ1n) is 21.0. The number of benzene rings is 2. The second kappa shape index (κ2) is 25.8. The van der Waals surface area contributed by atoms with Gasteiger partial charge in [-0.1, -0.05) is 10.4 Å². The number of aryl methyl sites for hydroxylation is 2. The Hall–Kier alpha value is -5.55. The van der Waals surface area contributed by atoms with E-state index in [1.165, 1.54) is 0 Å². The second-order valence-corrected chi connectivity index (χ2v) is 14.9. The number of likely N-dealkylation sites (N-methyl/N-ethyl adjacent to an activating group) is 2. The van der Waals surface area contributed by atoms with E-state index in [-0.39, 0.29) is 69.5 Å². The van der Waals surface area contributed by atoms with Crippen LogP contribution in [-0.2, 0) is 22.4 Å². The van der Waals surface area contributed by atoms with Gasteiger partial charge in [-0.05, 0) is 82.4 Å². The maximum Gasteiger partial charge on any atom is 1.00 e. The summed E-state index contributed by atoms with van der Waals surface area (Å²) in [4.78, 5) is 56.3. The Morgan fingerprint density at radius 1 is 0.662 bits per heavy atom. The fraction of sp³-hybridized carbons (Fsp3) is 0.419. The number of piperazine rings is 2. The van der Waals surface area contributed by atoms with Crippen LogP contribution in [0.15, 0.2) is 95.3 Å². The third-order valence-electron chi connectivity index (χ3n) is 10.6. The van der Waals surface area contributed by atoms with E-state index in [4.69, 9.17) is 9.84 Å². The molecule has 3 radical (unpaired) electrons. The molecule has 2 aromatic carbocycles. The molecule has 0 amide bonds. The van der Waals surface area contributed by atoms with Crippen LogP contribution in [0.2, 0.25) is 0 Å². The summed E-state index contributed by atoms with van der Waals surface area (Å²) < 4.78 is 11.6. The van der Waals surface area contributed by atoms with Crippen LogP contribution in [0.4, 0.5) is 11.6 Å². The van der Waals surface area contributed by atoms with Crippen molar-refractivity contribution in [2.24, 2.45) is 0 Å². The molecule has 0 unspecified atom stereocenters. The summed E-state index contributed by atoms with van der Waals surface area (Å²) in [6.45, 7) is 8.74. The van der Waals surface area contributed by atoms with Gasteiger partial charge in [0.1, 0.15) is 0 Å². The average Bonchev–Trinajstić information content (AvgIpc) is 4.07. The van der Waals surface area contributed by atoms with Crippen molar-refractivity contribution in [2.45, 2.75) is 32.6 Å². The quantitative estimate of drug-likeness (QED) is 0.0939. The van der Waals surface area contributed by atoms with E-state index >= 15 is 0 Å². The van der Waals surface area contributed by atoms with Crippen molar-refractivity contribution in [1.82, 2.24) is 58.9 Å². The number of ether oxygens (including phenoxy) is 1. The van der Waals surface area contributed by atoms with Crippen LogP contribution < -0.4 is 50.5 Å². The Labute approximate surface area is 403 Å². The van der Waals surface area contributed by atoms with Crippen molar-refractivity contribution in [2.75, 3.05) is 96.6 Å². The van der Waals surface area contributed by atoms with E-state index in [0.29, 0.717) is 48.9 Å². The zero-order valence-electron chi connectivity index (χ0n) is 38.8. The number of carbonyl (C=O) groups is 1. The summed E-state index contributed by atoms with van der Waals surface area (Å²) in [6.07, 6.45) is 12.1. The van der Waals surface area contributed by atoms with E-state index < -0.39 is 0 Å². The molecule has 4 aromatic heterocycles. The summed E-state index contributed by atoms with van der Waals surface area (Å²) in [6, 6.07) is 15.1. The first-order valence-corrected chi connectivity index (χ1v) is 21.0. The van der Waals surface area contributed by atoms with Crippen LogP contribution in [0.25, 0.3) is 22.7 Å². The molecule has 6 heterocycles. The number of rotatable bonds is 13. The predicted octanol–water partition coefficient (Wildman–Crippen LogP) is -2.11. The Morgan fingerprint density at radius 3 is 1.43 bits per heavy atom. The second-order valence-electron chi connectivity index (χ2n) is 14.9. The van der Waals surface area contributed by atoms with Crippen molar-refractivity contribution in [3.8, 4) is 22.7 Å². The van der Waals surface area contributed by atoms with Crippen molar-refractivity contribution < 1.29 is 50.7 Å². The number of aliphatic hydroxyl groups is 2.